The van der Waals surface area contributed by atoms with Gasteiger partial charge in [-0.3, -0.25) is 9.52 Å². The van der Waals surface area contributed by atoms with Gasteiger partial charge in [0.2, 0.25) is 0 Å². The van der Waals surface area contributed by atoms with E-state index in [1.165, 1.54) is 54.8 Å². The summed E-state index contributed by atoms with van der Waals surface area (Å²) in [7, 11) is -2.45. The van der Waals surface area contributed by atoms with Crippen molar-refractivity contribution in [3.05, 3.63) is 101 Å². The second-order valence-corrected chi connectivity index (χ2v) is 9.90. The monoisotopic (exact) mass is 492 g/mol. The molecule has 0 aliphatic carbocycles. The molecule has 4 rings (SSSR count). The molecule has 0 saturated carbocycles. The molecule has 0 fully saturated rings. The largest absolute Gasteiger partial charge is 0.465 e. The molecule has 172 valence electrons. The molecule has 0 aliphatic rings. The highest BCUT2D eigenvalue weighted by Crippen LogP contribution is 2.35. The Kier molecular flexibility index (Phi) is 6.76. The Balaban J connectivity index is 1.53. The van der Waals surface area contributed by atoms with Gasteiger partial charge in [0.25, 0.3) is 15.9 Å². The molecule has 34 heavy (non-hydrogen) atoms. The second kappa shape index (κ2) is 9.90. The third-order valence-electron chi connectivity index (χ3n) is 4.86. The van der Waals surface area contributed by atoms with Crippen LogP contribution >= 0.6 is 11.3 Å². The first kappa shape index (κ1) is 23.2. The van der Waals surface area contributed by atoms with Gasteiger partial charge in [-0.1, -0.05) is 48.5 Å². The predicted octanol–water partition coefficient (Wildman–Crippen LogP) is 5.25. The molecule has 0 radical (unpaired) electrons. The minimum atomic E-state index is -3.74. The number of esters is 1. The van der Waals surface area contributed by atoms with Gasteiger partial charge >= 0.3 is 5.97 Å². The zero-order valence-electron chi connectivity index (χ0n) is 18.0. The van der Waals surface area contributed by atoms with Crippen molar-refractivity contribution in [1.29, 1.82) is 0 Å². The van der Waals surface area contributed by atoms with Crippen LogP contribution in [0.5, 0.6) is 0 Å². The van der Waals surface area contributed by atoms with E-state index < -0.39 is 21.9 Å². The summed E-state index contributed by atoms with van der Waals surface area (Å²) in [5.41, 5.74) is 1.87. The number of thiophene rings is 1. The van der Waals surface area contributed by atoms with Gasteiger partial charge in [0.05, 0.1) is 17.7 Å². The average molecular weight is 493 g/mol. The molecule has 1 aromatic heterocycles. The number of sulfonamides is 1. The summed E-state index contributed by atoms with van der Waals surface area (Å²) in [6.45, 7) is 0. The number of amides is 1. The fraction of sp³-hybridized carbons (Fsp3) is 0.0400. The maximum atomic E-state index is 12.8. The standard InChI is InChI=1S/C25H20N2O5S2/c1-32-25(29)23-21(16-22(33-23)17-8-4-2-5-9-17)26-24(28)18-12-14-19(15-13-18)27-34(30,31)20-10-6-3-7-11-20/h2-16,27H,1H3,(H,26,28). The molecule has 3 aromatic carbocycles. The normalized spacial score (nSPS) is 11.0. The van der Waals surface area contributed by atoms with E-state index in [4.69, 9.17) is 4.74 Å². The van der Waals surface area contributed by atoms with Crippen molar-refractivity contribution < 1.29 is 22.7 Å². The number of anilines is 2. The predicted molar refractivity (Wildman–Crippen MR) is 133 cm³/mol. The van der Waals surface area contributed by atoms with E-state index in [0.29, 0.717) is 16.9 Å². The van der Waals surface area contributed by atoms with Gasteiger partial charge in [-0.25, -0.2) is 13.2 Å². The van der Waals surface area contributed by atoms with Crippen molar-refractivity contribution >= 4 is 44.6 Å². The number of carbonyl (C=O) groups excluding carboxylic acids is 2. The van der Waals surface area contributed by atoms with E-state index in [-0.39, 0.29) is 9.77 Å². The van der Waals surface area contributed by atoms with E-state index >= 15 is 0 Å². The SMILES string of the molecule is COC(=O)c1sc(-c2ccccc2)cc1NC(=O)c1ccc(NS(=O)(=O)c2ccccc2)cc1. The summed E-state index contributed by atoms with van der Waals surface area (Å²) in [5.74, 6) is -0.992. The maximum Gasteiger partial charge on any atom is 0.350 e. The van der Waals surface area contributed by atoms with Gasteiger partial charge in [0.15, 0.2) is 0 Å². The maximum absolute atomic E-state index is 12.8. The topological polar surface area (TPSA) is 102 Å². The highest BCUT2D eigenvalue weighted by atomic mass is 32.2. The Labute approximate surface area is 201 Å². The second-order valence-electron chi connectivity index (χ2n) is 7.16. The van der Waals surface area contributed by atoms with E-state index in [0.717, 1.165) is 10.4 Å². The Bertz CT molecular complexity index is 1420. The smallest absolute Gasteiger partial charge is 0.350 e. The van der Waals surface area contributed by atoms with Crippen molar-refractivity contribution in [3.63, 3.8) is 0 Å². The van der Waals surface area contributed by atoms with Gasteiger partial charge < -0.3 is 10.1 Å². The quantitative estimate of drug-likeness (QED) is 0.343. The van der Waals surface area contributed by atoms with Crippen LogP contribution < -0.4 is 10.0 Å². The molecule has 4 aromatic rings. The van der Waals surface area contributed by atoms with Gasteiger partial charge in [-0.15, -0.1) is 11.3 Å². The lowest BCUT2D eigenvalue weighted by molar-refractivity contribution is 0.0607. The number of nitrogens with one attached hydrogen (secondary N) is 2. The third-order valence-corrected chi connectivity index (χ3v) is 7.42. The zero-order valence-corrected chi connectivity index (χ0v) is 19.7. The van der Waals surface area contributed by atoms with Gasteiger partial charge in [0.1, 0.15) is 4.88 Å². The van der Waals surface area contributed by atoms with E-state index in [1.807, 2.05) is 30.3 Å². The van der Waals surface area contributed by atoms with E-state index in [1.54, 1.807) is 24.3 Å². The highest BCUT2D eigenvalue weighted by Gasteiger charge is 2.20. The number of rotatable bonds is 7. The molecular weight excluding hydrogens is 472 g/mol. The summed E-state index contributed by atoms with van der Waals surface area (Å²) < 4.78 is 32.3. The van der Waals surface area contributed by atoms with Crippen molar-refractivity contribution in [2.45, 2.75) is 4.90 Å². The van der Waals surface area contributed by atoms with Crippen LogP contribution in [0.25, 0.3) is 10.4 Å². The molecule has 9 heteroatoms. The fourth-order valence-corrected chi connectivity index (χ4v) is 5.29. The Morgan fingerprint density at radius 2 is 1.47 bits per heavy atom. The lowest BCUT2D eigenvalue weighted by atomic mass is 10.1. The lowest BCUT2D eigenvalue weighted by Gasteiger charge is -2.09. The van der Waals surface area contributed by atoms with Crippen LogP contribution in [0.4, 0.5) is 11.4 Å². The van der Waals surface area contributed by atoms with Gasteiger partial charge in [-0.05, 0) is 48.0 Å². The summed E-state index contributed by atoms with van der Waals surface area (Å²) in [4.78, 5) is 26.3. The summed E-state index contributed by atoms with van der Waals surface area (Å²) in [6.07, 6.45) is 0. The first-order chi connectivity index (χ1) is 16.4. The summed E-state index contributed by atoms with van der Waals surface area (Å²) in [5, 5.41) is 2.76. The fourth-order valence-electron chi connectivity index (χ4n) is 3.17. The van der Waals surface area contributed by atoms with Crippen LogP contribution in [0.3, 0.4) is 0 Å². The van der Waals surface area contributed by atoms with Gasteiger partial charge in [0, 0.05) is 16.1 Å². The Hall–Kier alpha value is -3.95. The molecule has 0 spiro atoms. The first-order valence-electron chi connectivity index (χ1n) is 10.1. The number of hydrogen-bond acceptors (Lipinski definition) is 6. The van der Waals surface area contributed by atoms with Crippen molar-refractivity contribution in [3.8, 4) is 10.4 Å². The molecule has 0 unspecified atom stereocenters. The van der Waals surface area contributed by atoms with Crippen LogP contribution in [-0.2, 0) is 14.8 Å². The number of benzene rings is 3. The summed E-state index contributed by atoms with van der Waals surface area (Å²) in [6, 6.07) is 25.2. The number of carbonyl (C=O) groups is 2. The molecule has 7 nitrogen and oxygen atoms in total. The Morgan fingerprint density at radius 1 is 0.853 bits per heavy atom. The van der Waals surface area contributed by atoms with Crippen LogP contribution in [-0.4, -0.2) is 27.4 Å². The van der Waals surface area contributed by atoms with Crippen LogP contribution in [0.1, 0.15) is 20.0 Å². The molecule has 0 atom stereocenters. The van der Waals surface area contributed by atoms with Crippen molar-refractivity contribution in [2.24, 2.45) is 0 Å². The van der Waals surface area contributed by atoms with E-state index in [9.17, 15) is 18.0 Å². The average Bonchev–Trinajstić information content (AvgIpc) is 3.28. The van der Waals surface area contributed by atoms with Crippen molar-refractivity contribution in [1.82, 2.24) is 0 Å². The number of hydrogen-bond donors (Lipinski definition) is 2. The van der Waals surface area contributed by atoms with Crippen LogP contribution in [0.2, 0.25) is 0 Å². The summed E-state index contributed by atoms with van der Waals surface area (Å²) >= 11 is 1.22. The zero-order chi connectivity index (χ0) is 24.1. The number of ether oxygens (including phenoxy) is 1. The van der Waals surface area contributed by atoms with Gasteiger partial charge in [-0.2, -0.15) is 0 Å². The molecule has 1 heterocycles. The molecule has 0 saturated heterocycles. The number of methoxy groups -OCH3 is 1. The molecule has 2 N–H and O–H groups in total. The highest BCUT2D eigenvalue weighted by molar-refractivity contribution is 7.92. The first-order valence-corrected chi connectivity index (χ1v) is 12.4. The minimum Gasteiger partial charge on any atom is -0.465 e. The molecule has 1 amide bonds. The van der Waals surface area contributed by atoms with E-state index in [2.05, 4.69) is 10.0 Å². The molecule has 0 bridgehead atoms. The molecule has 0 aliphatic heterocycles. The molecular formula is C25H20N2O5S2. The van der Waals surface area contributed by atoms with Crippen LogP contribution in [0.15, 0.2) is 95.9 Å². The van der Waals surface area contributed by atoms with Crippen molar-refractivity contribution in [2.75, 3.05) is 17.1 Å². The Morgan fingerprint density at radius 3 is 2.09 bits per heavy atom. The minimum absolute atomic E-state index is 0.138. The third kappa shape index (κ3) is 5.16. The van der Waals surface area contributed by atoms with Crippen LogP contribution in [0, 0.1) is 0 Å². The lowest BCUT2D eigenvalue weighted by Crippen LogP contribution is -2.15.